The van der Waals surface area contributed by atoms with E-state index in [2.05, 4.69) is 30.7 Å². The fourth-order valence-electron chi connectivity index (χ4n) is 4.21. The van der Waals surface area contributed by atoms with E-state index in [0.29, 0.717) is 5.91 Å². The Bertz CT molecular complexity index is 637. The Morgan fingerprint density at radius 1 is 0.846 bits per heavy atom. The summed E-state index contributed by atoms with van der Waals surface area (Å²) in [5.74, 6) is 3.34. The number of piperazine rings is 1. The zero-order valence-corrected chi connectivity index (χ0v) is 15.9. The number of hydrogen-bond donors (Lipinski definition) is 0. The molecule has 26 heavy (non-hydrogen) atoms. The van der Waals surface area contributed by atoms with Crippen LogP contribution in [0.3, 0.4) is 0 Å². The highest BCUT2D eigenvalue weighted by atomic mass is 16.2. The molecule has 1 aromatic rings. The van der Waals surface area contributed by atoms with Crippen LogP contribution in [0.25, 0.3) is 0 Å². The van der Waals surface area contributed by atoms with Gasteiger partial charge in [0.2, 0.25) is 5.91 Å². The number of carbonyl (C=O) groups is 1. The van der Waals surface area contributed by atoms with Gasteiger partial charge in [0.05, 0.1) is 0 Å². The number of carbonyl (C=O) groups excluding carboxylic acids is 1. The van der Waals surface area contributed by atoms with Crippen molar-refractivity contribution in [1.29, 1.82) is 0 Å². The molecule has 4 heterocycles. The third-order valence-electron chi connectivity index (χ3n) is 5.79. The summed E-state index contributed by atoms with van der Waals surface area (Å²) in [5.41, 5.74) is 0. The second-order valence-corrected chi connectivity index (χ2v) is 7.64. The number of hydrogen-bond acceptors (Lipinski definition) is 6. The van der Waals surface area contributed by atoms with E-state index in [1.54, 1.807) is 0 Å². The first-order chi connectivity index (χ1) is 12.7. The Balaban J connectivity index is 1.32. The van der Waals surface area contributed by atoms with Crippen molar-refractivity contribution in [3.8, 4) is 0 Å². The Hall–Kier alpha value is -1.89. The summed E-state index contributed by atoms with van der Waals surface area (Å²) in [4.78, 5) is 30.3. The van der Waals surface area contributed by atoms with Crippen molar-refractivity contribution in [1.82, 2.24) is 19.8 Å². The molecule has 3 aliphatic heterocycles. The van der Waals surface area contributed by atoms with Gasteiger partial charge in [-0.3, -0.25) is 9.69 Å². The van der Waals surface area contributed by atoms with Crippen LogP contribution in [0.1, 0.15) is 31.5 Å². The molecule has 0 atom stereocenters. The molecule has 3 aliphatic rings. The highest BCUT2D eigenvalue weighted by molar-refractivity contribution is 5.78. The SMILES string of the molecule is Cc1nc(N2CCCC2)cc(N2CCN(CCN3CCCC3=O)CC2)n1. The van der Waals surface area contributed by atoms with Crippen LogP contribution in [0.15, 0.2) is 6.07 Å². The molecule has 7 heteroatoms. The van der Waals surface area contributed by atoms with Crippen molar-refractivity contribution < 1.29 is 4.79 Å². The maximum atomic E-state index is 11.7. The van der Waals surface area contributed by atoms with Gasteiger partial charge in [0.1, 0.15) is 17.5 Å². The Labute approximate surface area is 156 Å². The van der Waals surface area contributed by atoms with Gasteiger partial charge >= 0.3 is 0 Å². The highest BCUT2D eigenvalue weighted by Gasteiger charge is 2.23. The molecule has 0 spiro atoms. The van der Waals surface area contributed by atoms with Crippen LogP contribution in [-0.4, -0.2) is 84.6 Å². The zero-order chi connectivity index (χ0) is 17.9. The monoisotopic (exact) mass is 358 g/mol. The number of rotatable bonds is 5. The van der Waals surface area contributed by atoms with E-state index in [0.717, 1.165) is 89.2 Å². The molecule has 0 N–H and O–H groups in total. The molecule has 4 rings (SSSR count). The molecule has 0 radical (unpaired) electrons. The molecule has 0 bridgehead atoms. The second kappa shape index (κ2) is 7.78. The molecule has 0 unspecified atom stereocenters. The quantitative estimate of drug-likeness (QED) is 0.787. The fourth-order valence-corrected chi connectivity index (χ4v) is 4.21. The van der Waals surface area contributed by atoms with Crippen molar-refractivity contribution in [3.63, 3.8) is 0 Å². The Morgan fingerprint density at radius 2 is 1.50 bits per heavy atom. The summed E-state index contributed by atoms with van der Waals surface area (Å²) in [6.07, 6.45) is 4.28. The minimum atomic E-state index is 0.328. The number of anilines is 2. The average Bonchev–Trinajstić information content (AvgIpc) is 3.32. The van der Waals surface area contributed by atoms with E-state index >= 15 is 0 Å². The van der Waals surface area contributed by atoms with Gasteiger partial charge in [-0.15, -0.1) is 0 Å². The van der Waals surface area contributed by atoms with E-state index in [9.17, 15) is 4.79 Å². The maximum Gasteiger partial charge on any atom is 0.222 e. The molecule has 3 fully saturated rings. The van der Waals surface area contributed by atoms with Crippen molar-refractivity contribution in [3.05, 3.63) is 11.9 Å². The van der Waals surface area contributed by atoms with Crippen molar-refractivity contribution in [2.45, 2.75) is 32.6 Å². The molecule has 1 aromatic heterocycles. The molecule has 142 valence electrons. The van der Waals surface area contributed by atoms with E-state index in [1.807, 2.05) is 11.8 Å². The Morgan fingerprint density at radius 3 is 2.12 bits per heavy atom. The largest absolute Gasteiger partial charge is 0.356 e. The van der Waals surface area contributed by atoms with Crippen LogP contribution >= 0.6 is 0 Å². The Kier molecular flexibility index (Phi) is 5.24. The van der Waals surface area contributed by atoms with Gasteiger partial charge in [0.15, 0.2) is 0 Å². The molecule has 3 saturated heterocycles. The lowest BCUT2D eigenvalue weighted by Crippen LogP contribution is -2.49. The highest BCUT2D eigenvalue weighted by Crippen LogP contribution is 2.23. The number of amides is 1. The summed E-state index contributed by atoms with van der Waals surface area (Å²) >= 11 is 0. The van der Waals surface area contributed by atoms with E-state index in [-0.39, 0.29) is 0 Å². The van der Waals surface area contributed by atoms with E-state index in [1.165, 1.54) is 12.8 Å². The van der Waals surface area contributed by atoms with Crippen LogP contribution in [0.2, 0.25) is 0 Å². The van der Waals surface area contributed by atoms with Crippen LogP contribution in [0.5, 0.6) is 0 Å². The van der Waals surface area contributed by atoms with Crippen molar-refractivity contribution in [2.75, 3.05) is 68.7 Å². The molecule has 0 aliphatic carbocycles. The number of nitrogens with zero attached hydrogens (tertiary/aromatic N) is 6. The van der Waals surface area contributed by atoms with Crippen molar-refractivity contribution in [2.24, 2.45) is 0 Å². The molecule has 0 aromatic carbocycles. The van der Waals surface area contributed by atoms with Gasteiger partial charge in [-0.2, -0.15) is 0 Å². The lowest BCUT2D eigenvalue weighted by atomic mass is 10.3. The normalized spacial score (nSPS) is 21.9. The van der Waals surface area contributed by atoms with Crippen LogP contribution in [0, 0.1) is 6.92 Å². The summed E-state index contributed by atoms with van der Waals surface area (Å²) in [7, 11) is 0. The standard InChI is InChI=1S/C19H30N6O/c1-16-20-17(23-6-2-3-7-23)15-18(21-16)24-12-9-22(10-13-24)11-14-25-8-4-5-19(25)26/h15H,2-14H2,1H3. The summed E-state index contributed by atoms with van der Waals surface area (Å²) in [6.45, 7) is 11.1. The number of aromatic nitrogens is 2. The first-order valence-corrected chi connectivity index (χ1v) is 10.0. The van der Waals surface area contributed by atoms with Crippen LogP contribution in [-0.2, 0) is 4.79 Å². The molecule has 7 nitrogen and oxygen atoms in total. The molecular weight excluding hydrogens is 328 g/mol. The van der Waals surface area contributed by atoms with Gasteiger partial charge in [0, 0.05) is 71.4 Å². The first kappa shape index (κ1) is 17.5. The lowest BCUT2D eigenvalue weighted by Gasteiger charge is -2.36. The van der Waals surface area contributed by atoms with E-state index in [4.69, 9.17) is 0 Å². The topological polar surface area (TPSA) is 55.8 Å². The van der Waals surface area contributed by atoms with Gasteiger partial charge in [-0.1, -0.05) is 0 Å². The fraction of sp³-hybridized carbons (Fsp3) is 0.737. The molecular formula is C19H30N6O. The lowest BCUT2D eigenvalue weighted by molar-refractivity contribution is -0.127. The second-order valence-electron chi connectivity index (χ2n) is 7.64. The minimum absolute atomic E-state index is 0.328. The summed E-state index contributed by atoms with van der Waals surface area (Å²) < 4.78 is 0. The third-order valence-corrected chi connectivity index (χ3v) is 5.79. The number of likely N-dealkylation sites (tertiary alicyclic amines) is 1. The molecule has 1 amide bonds. The summed E-state index contributed by atoms with van der Waals surface area (Å²) in [5, 5.41) is 0. The van der Waals surface area contributed by atoms with Crippen molar-refractivity contribution >= 4 is 17.5 Å². The van der Waals surface area contributed by atoms with E-state index < -0.39 is 0 Å². The maximum absolute atomic E-state index is 11.7. The smallest absolute Gasteiger partial charge is 0.222 e. The van der Waals surface area contributed by atoms with Gasteiger partial charge in [0.25, 0.3) is 0 Å². The average molecular weight is 358 g/mol. The predicted octanol–water partition coefficient (Wildman–Crippen LogP) is 1.13. The van der Waals surface area contributed by atoms with Gasteiger partial charge in [-0.05, 0) is 26.2 Å². The first-order valence-electron chi connectivity index (χ1n) is 10.0. The van der Waals surface area contributed by atoms with Crippen LogP contribution in [0.4, 0.5) is 11.6 Å². The minimum Gasteiger partial charge on any atom is -0.356 e. The zero-order valence-electron chi connectivity index (χ0n) is 15.9. The van der Waals surface area contributed by atoms with Crippen LogP contribution < -0.4 is 9.80 Å². The number of aryl methyl sites for hydroxylation is 1. The molecule has 0 saturated carbocycles. The summed E-state index contributed by atoms with van der Waals surface area (Å²) in [6, 6.07) is 2.16. The van der Waals surface area contributed by atoms with Gasteiger partial charge in [-0.25, -0.2) is 9.97 Å². The van der Waals surface area contributed by atoms with Gasteiger partial charge < -0.3 is 14.7 Å². The third kappa shape index (κ3) is 3.92. The predicted molar refractivity (Wildman–Crippen MR) is 103 cm³/mol.